The molecule has 1 N–H and O–H groups in total. The van der Waals surface area contributed by atoms with Crippen LogP contribution in [0.1, 0.15) is 25.1 Å². The number of nitrogens with one attached hydrogen (secondary N) is 1. The molecule has 0 fully saturated rings. The molecule has 2 aromatic heterocycles. The zero-order chi connectivity index (χ0) is 18.8. The van der Waals surface area contributed by atoms with Crippen molar-refractivity contribution < 1.29 is 9.18 Å². The Morgan fingerprint density at radius 1 is 1.30 bits per heavy atom. The molecule has 7 nitrogen and oxygen atoms in total. The lowest BCUT2D eigenvalue weighted by atomic mass is 10.2. The van der Waals surface area contributed by atoms with E-state index in [4.69, 9.17) is 0 Å². The summed E-state index contributed by atoms with van der Waals surface area (Å²) in [4.78, 5) is 29.0. The molecule has 0 bridgehead atoms. The van der Waals surface area contributed by atoms with Gasteiger partial charge in [0.15, 0.2) is 5.13 Å². The number of thiazole rings is 1. The number of hydrogen-bond donors (Lipinski definition) is 1. The van der Waals surface area contributed by atoms with Crippen molar-refractivity contribution in [2.75, 3.05) is 5.32 Å². The summed E-state index contributed by atoms with van der Waals surface area (Å²) in [5.41, 5.74) is 0.975. The highest BCUT2D eigenvalue weighted by atomic mass is 32.1. The predicted octanol–water partition coefficient (Wildman–Crippen LogP) is 2.67. The molecule has 0 saturated heterocycles. The summed E-state index contributed by atoms with van der Waals surface area (Å²) >= 11 is 1.24. The molecule has 0 saturated carbocycles. The van der Waals surface area contributed by atoms with Gasteiger partial charge in [0.05, 0.1) is 5.69 Å². The van der Waals surface area contributed by atoms with Crippen molar-refractivity contribution in [2.45, 2.75) is 38.8 Å². The lowest BCUT2D eigenvalue weighted by Gasteiger charge is -2.01. The summed E-state index contributed by atoms with van der Waals surface area (Å²) in [6.45, 7) is 0.493. The second-order valence-electron chi connectivity index (χ2n) is 6.42. The highest BCUT2D eigenvalue weighted by molar-refractivity contribution is 7.14. The maximum absolute atomic E-state index is 13.3. The molecule has 0 aliphatic carbocycles. The molecule has 4 rings (SSSR count). The minimum atomic E-state index is -0.370. The first kappa shape index (κ1) is 17.6. The molecule has 0 radical (unpaired) electrons. The topological polar surface area (TPSA) is 81.8 Å². The molecule has 1 aliphatic heterocycles. The zero-order valence-corrected chi connectivity index (χ0v) is 15.3. The van der Waals surface area contributed by atoms with Gasteiger partial charge in [-0.2, -0.15) is 5.10 Å². The molecular weight excluding hydrogens is 369 g/mol. The van der Waals surface area contributed by atoms with Crippen molar-refractivity contribution in [1.29, 1.82) is 0 Å². The molecule has 0 spiro atoms. The number of carbonyl (C=O) groups excluding carboxylic acids is 1. The van der Waals surface area contributed by atoms with Crippen LogP contribution in [0.5, 0.6) is 0 Å². The number of halogens is 1. The van der Waals surface area contributed by atoms with Crippen LogP contribution in [-0.4, -0.2) is 25.2 Å². The fourth-order valence-corrected chi connectivity index (χ4v) is 3.87. The van der Waals surface area contributed by atoms with Gasteiger partial charge in [-0.15, -0.1) is 11.3 Å². The zero-order valence-electron chi connectivity index (χ0n) is 14.5. The van der Waals surface area contributed by atoms with Crippen LogP contribution in [0.2, 0.25) is 0 Å². The maximum Gasteiger partial charge on any atom is 0.346 e. The average Bonchev–Trinajstić information content (AvgIpc) is 3.12. The Labute approximate surface area is 158 Å². The van der Waals surface area contributed by atoms with E-state index in [9.17, 15) is 14.0 Å². The van der Waals surface area contributed by atoms with Crippen LogP contribution in [0, 0.1) is 5.82 Å². The fourth-order valence-electron chi connectivity index (χ4n) is 3.13. The van der Waals surface area contributed by atoms with Gasteiger partial charge in [0.25, 0.3) is 0 Å². The summed E-state index contributed by atoms with van der Waals surface area (Å²) in [5, 5.41) is 9.12. The molecule has 9 heteroatoms. The Balaban J connectivity index is 1.45. The molecule has 1 amide bonds. The number of hydrogen-bond acceptors (Lipinski definition) is 5. The van der Waals surface area contributed by atoms with E-state index in [0.29, 0.717) is 22.9 Å². The first-order valence-corrected chi connectivity index (χ1v) is 9.66. The molecule has 3 aromatic rings. The van der Waals surface area contributed by atoms with E-state index in [-0.39, 0.29) is 24.0 Å². The van der Waals surface area contributed by atoms with Gasteiger partial charge in [0, 0.05) is 23.9 Å². The van der Waals surface area contributed by atoms with Gasteiger partial charge in [0.2, 0.25) is 5.91 Å². The molecule has 3 heterocycles. The summed E-state index contributed by atoms with van der Waals surface area (Å²) in [6.07, 6.45) is 3.80. The fraction of sp³-hybridized carbons (Fsp3) is 0.333. The first-order valence-electron chi connectivity index (χ1n) is 8.78. The SMILES string of the molecule is O=C(Cn1nc2n(c1=O)CCCCC2)Nc1nc(-c2cccc(F)c2)cs1. The number of benzene rings is 1. The number of carbonyl (C=O) groups is 1. The Bertz CT molecular complexity index is 1040. The highest BCUT2D eigenvalue weighted by Crippen LogP contribution is 2.25. The Kier molecular flexibility index (Phi) is 4.85. The van der Waals surface area contributed by atoms with Crippen LogP contribution < -0.4 is 11.0 Å². The number of fused-ring (bicyclic) bond motifs is 1. The van der Waals surface area contributed by atoms with E-state index >= 15 is 0 Å². The van der Waals surface area contributed by atoms with Gasteiger partial charge in [-0.25, -0.2) is 18.9 Å². The number of aromatic nitrogens is 4. The highest BCUT2D eigenvalue weighted by Gasteiger charge is 2.18. The van der Waals surface area contributed by atoms with E-state index in [1.165, 1.54) is 28.2 Å². The molecule has 1 aromatic carbocycles. The molecular formula is C18H18FN5O2S. The minimum Gasteiger partial charge on any atom is -0.300 e. The van der Waals surface area contributed by atoms with Crippen LogP contribution in [0.4, 0.5) is 9.52 Å². The molecule has 140 valence electrons. The van der Waals surface area contributed by atoms with Crippen molar-refractivity contribution >= 4 is 22.4 Å². The van der Waals surface area contributed by atoms with Crippen LogP contribution in [0.15, 0.2) is 34.4 Å². The second kappa shape index (κ2) is 7.43. The van der Waals surface area contributed by atoms with Gasteiger partial charge in [-0.05, 0) is 25.0 Å². The van der Waals surface area contributed by atoms with Gasteiger partial charge in [-0.3, -0.25) is 9.36 Å². The monoisotopic (exact) mass is 387 g/mol. The standard InChI is InChI=1S/C18H18FN5O2S/c19-13-6-4-5-12(9-13)14-11-27-17(20-14)21-16(25)10-24-18(26)23-8-3-1-2-7-15(23)22-24/h4-6,9,11H,1-3,7-8,10H2,(H,20,21,25). The number of nitrogens with zero attached hydrogens (tertiary/aromatic N) is 4. The molecule has 0 atom stereocenters. The third-order valence-electron chi connectivity index (χ3n) is 4.45. The van der Waals surface area contributed by atoms with E-state index in [1.807, 2.05) is 0 Å². The smallest absolute Gasteiger partial charge is 0.300 e. The second-order valence-corrected chi connectivity index (χ2v) is 7.27. The predicted molar refractivity (Wildman–Crippen MR) is 100 cm³/mol. The largest absolute Gasteiger partial charge is 0.346 e. The van der Waals surface area contributed by atoms with Crippen molar-refractivity contribution in [3.8, 4) is 11.3 Å². The summed E-state index contributed by atoms with van der Waals surface area (Å²) in [7, 11) is 0. The Morgan fingerprint density at radius 2 is 2.19 bits per heavy atom. The van der Waals surface area contributed by atoms with Crippen molar-refractivity contribution in [1.82, 2.24) is 19.3 Å². The van der Waals surface area contributed by atoms with Crippen molar-refractivity contribution in [3.05, 3.63) is 51.8 Å². The van der Waals surface area contributed by atoms with Crippen LogP contribution >= 0.6 is 11.3 Å². The third-order valence-corrected chi connectivity index (χ3v) is 5.20. The lowest BCUT2D eigenvalue weighted by Crippen LogP contribution is -2.30. The van der Waals surface area contributed by atoms with E-state index in [2.05, 4.69) is 15.4 Å². The average molecular weight is 387 g/mol. The van der Waals surface area contributed by atoms with Crippen LogP contribution in [-0.2, 0) is 24.3 Å². The minimum absolute atomic E-state index is 0.159. The molecule has 0 unspecified atom stereocenters. The van der Waals surface area contributed by atoms with E-state index < -0.39 is 0 Å². The summed E-state index contributed by atoms with van der Waals surface area (Å²) < 4.78 is 16.2. The Hall–Kier alpha value is -2.81. The number of rotatable bonds is 4. The molecule has 1 aliphatic rings. The van der Waals surface area contributed by atoms with Crippen LogP contribution in [0.3, 0.4) is 0 Å². The van der Waals surface area contributed by atoms with Gasteiger partial charge < -0.3 is 5.32 Å². The van der Waals surface area contributed by atoms with Crippen molar-refractivity contribution in [3.63, 3.8) is 0 Å². The molecule has 27 heavy (non-hydrogen) atoms. The number of aryl methyl sites for hydroxylation is 1. The van der Waals surface area contributed by atoms with Gasteiger partial charge >= 0.3 is 5.69 Å². The first-order chi connectivity index (χ1) is 13.1. The van der Waals surface area contributed by atoms with E-state index in [0.717, 1.165) is 31.5 Å². The number of amides is 1. The maximum atomic E-state index is 13.3. The Morgan fingerprint density at radius 3 is 3.04 bits per heavy atom. The summed E-state index contributed by atoms with van der Waals surface area (Å²) in [5.74, 6) is 0.0310. The lowest BCUT2D eigenvalue weighted by molar-refractivity contribution is -0.117. The van der Waals surface area contributed by atoms with Gasteiger partial charge in [0.1, 0.15) is 18.2 Å². The van der Waals surface area contributed by atoms with Crippen LogP contribution in [0.25, 0.3) is 11.3 Å². The van der Waals surface area contributed by atoms with Gasteiger partial charge in [-0.1, -0.05) is 18.6 Å². The summed E-state index contributed by atoms with van der Waals surface area (Å²) in [6, 6.07) is 6.11. The number of anilines is 1. The van der Waals surface area contributed by atoms with Crippen molar-refractivity contribution in [2.24, 2.45) is 0 Å². The normalized spacial score (nSPS) is 13.8. The third kappa shape index (κ3) is 3.82. The van der Waals surface area contributed by atoms with E-state index in [1.54, 1.807) is 22.1 Å². The quantitative estimate of drug-likeness (QED) is 0.746.